The summed E-state index contributed by atoms with van der Waals surface area (Å²) in [7, 11) is 1.66. The van der Waals surface area contributed by atoms with E-state index in [0.717, 1.165) is 12.1 Å². The van der Waals surface area contributed by atoms with E-state index in [1.54, 1.807) is 24.2 Å². The van der Waals surface area contributed by atoms with Crippen LogP contribution in [0.4, 0.5) is 0 Å². The Kier molecular flexibility index (Phi) is 9.41. The van der Waals surface area contributed by atoms with Gasteiger partial charge in [0.2, 0.25) is 0 Å². The van der Waals surface area contributed by atoms with E-state index in [1.807, 2.05) is 24.3 Å². The fourth-order valence-corrected chi connectivity index (χ4v) is 2.23. The molecule has 0 aliphatic carbocycles. The maximum atomic E-state index is 12.0. The Morgan fingerprint density at radius 3 is 2.83 bits per heavy atom. The minimum absolute atomic E-state index is 0. The normalized spacial score (nSPS) is 10.2. The van der Waals surface area contributed by atoms with Crippen LogP contribution in [-0.2, 0) is 11.3 Å². The van der Waals surface area contributed by atoms with Crippen LogP contribution in [0.2, 0.25) is 5.02 Å². The van der Waals surface area contributed by atoms with Gasteiger partial charge in [0.15, 0.2) is 0 Å². The number of aromatic nitrogens is 2. The highest BCUT2D eigenvalue weighted by molar-refractivity contribution is 6.31. The molecular weight excluding hydrogens is 351 g/mol. The molecule has 1 aromatic heterocycles. The fraction of sp³-hybridized carbons (Fsp3) is 0.375. The maximum Gasteiger partial charge on any atom is 0.254 e. The Labute approximate surface area is 152 Å². The van der Waals surface area contributed by atoms with Crippen molar-refractivity contribution in [3.05, 3.63) is 52.8 Å². The summed E-state index contributed by atoms with van der Waals surface area (Å²) in [6, 6.07) is 7.59. The first kappa shape index (κ1) is 20.4. The van der Waals surface area contributed by atoms with Gasteiger partial charge in [0.25, 0.3) is 5.91 Å². The molecule has 0 saturated heterocycles. The van der Waals surface area contributed by atoms with E-state index in [1.165, 1.54) is 0 Å². The summed E-state index contributed by atoms with van der Waals surface area (Å²) in [6.45, 7) is 3.21. The number of nitrogens with one attached hydrogen (secondary N) is 2. The van der Waals surface area contributed by atoms with Crippen molar-refractivity contribution in [3.63, 3.8) is 0 Å². The maximum absolute atomic E-state index is 12.0. The summed E-state index contributed by atoms with van der Waals surface area (Å²) in [6.07, 6.45) is 3.28. The summed E-state index contributed by atoms with van der Waals surface area (Å²) in [4.78, 5) is 12.0. The van der Waals surface area contributed by atoms with E-state index in [0.29, 0.717) is 36.8 Å². The first-order valence-corrected chi connectivity index (χ1v) is 7.82. The van der Waals surface area contributed by atoms with Crippen LogP contribution in [0.15, 0.2) is 36.7 Å². The smallest absolute Gasteiger partial charge is 0.254 e. The van der Waals surface area contributed by atoms with Crippen LogP contribution in [-0.4, -0.2) is 49.0 Å². The minimum Gasteiger partial charge on any atom is -0.383 e. The molecule has 0 atom stereocenters. The Bertz CT molecular complexity index is 634. The minimum atomic E-state index is -0.135. The number of benzene rings is 1. The van der Waals surface area contributed by atoms with Gasteiger partial charge in [-0.05, 0) is 11.6 Å². The second-order valence-electron chi connectivity index (χ2n) is 5.02. The monoisotopic (exact) mass is 372 g/mol. The van der Waals surface area contributed by atoms with E-state index in [4.69, 9.17) is 16.3 Å². The van der Waals surface area contributed by atoms with Gasteiger partial charge in [0.1, 0.15) is 0 Å². The summed E-state index contributed by atoms with van der Waals surface area (Å²) in [5.41, 5.74) is 1.50. The molecule has 132 valence electrons. The molecule has 1 amide bonds. The highest BCUT2D eigenvalue weighted by atomic mass is 35.5. The van der Waals surface area contributed by atoms with Crippen LogP contribution in [0, 0.1) is 0 Å². The molecule has 0 saturated carbocycles. The number of carbonyl (C=O) groups is 1. The number of hydrogen-bond acceptors (Lipinski definition) is 4. The largest absolute Gasteiger partial charge is 0.383 e. The van der Waals surface area contributed by atoms with Crippen molar-refractivity contribution in [2.24, 2.45) is 0 Å². The lowest BCUT2D eigenvalue weighted by molar-refractivity contribution is 0.0953. The number of carbonyl (C=O) groups excluding carboxylic acids is 1. The Morgan fingerprint density at radius 2 is 2.08 bits per heavy atom. The molecular formula is C16H22Cl2N4O2. The van der Waals surface area contributed by atoms with Gasteiger partial charge in [0, 0.05) is 38.0 Å². The Morgan fingerprint density at radius 1 is 1.29 bits per heavy atom. The molecule has 0 fully saturated rings. The van der Waals surface area contributed by atoms with E-state index in [2.05, 4.69) is 15.7 Å². The van der Waals surface area contributed by atoms with Crippen molar-refractivity contribution in [2.75, 3.05) is 33.4 Å². The van der Waals surface area contributed by atoms with Crippen LogP contribution >= 0.6 is 24.0 Å². The van der Waals surface area contributed by atoms with Crippen LogP contribution in [0.3, 0.4) is 0 Å². The molecule has 1 heterocycles. The molecule has 24 heavy (non-hydrogen) atoms. The summed E-state index contributed by atoms with van der Waals surface area (Å²) < 4.78 is 6.63. The average Bonchev–Trinajstić information content (AvgIpc) is 3.01. The zero-order valence-electron chi connectivity index (χ0n) is 13.5. The van der Waals surface area contributed by atoms with E-state index < -0.39 is 0 Å². The number of ether oxygens (including phenoxy) is 1. The molecule has 2 N–H and O–H groups in total. The quantitative estimate of drug-likeness (QED) is 0.660. The highest BCUT2D eigenvalue weighted by Crippen LogP contribution is 2.16. The van der Waals surface area contributed by atoms with Crippen molar-refractivity contribution in [1.29, 1.82) is 0 Å². The lowest BCUT2D eigenvalue weighted by Gasteiger charge is -2.05. The molecule has 6 nitrogen and oxygen atoms in total. The standard InChI is InChI=1S/C16H21ClN4O2.ClH/c1-23-9-8-18-6-7-19-16(22)14-10-20-21(12-14)11-13-4-2-3-5-15(13)17;/h2-5,10,12,18H,6-9,11H2,1H3,(H,19,22);1H. The van der Waals surface area contributed by atoms with Gasteiger partial charge in [-0.3, -0.25) is 9.48 Å². The third-order valence-corrected chi connectivity index (χ3v) is 3.62. The van der Waals surface area contributed by atoms with Crippen molar-refractivity contribution in [3.8, 4) is 0 Å². The number of amides is 1. The molecule has 2 rings (SSSR count). The third-order valence-electron chi connectivity index (χ3n) is 3.26. The van der Waals surface area contributed by atoms with Crippen LogP contribution in [0.5, 0.6) is 0 Å². The second kappa shape index (κ2) is 11.0. The summed E-state index contributed by atoms with van der Waals surface area (Å²) in [5, 5.41) is 10.9. The SMILES string of the molecule is COCCNCCNC(=O)c1cnn(Cc2ccccc2Cl)c1.Cl. The fourth-order valence-electron chi connectivity index (χ4n) is 2.03. The molecule has 8 heteroatoms. The molecule has 2 aromatic rings. The van der Waals surface area contributed by atoms with E-state index in [-0.39, 0.29) is 18.3 Å². The van der Waals surface area contributed by atoms with Crippen LogP contribution < -0.4 is 10.6 Å². The van der Waals surface area contributed by atoms with Gasteiger partial charge in [-0.2, -0.15) is 5.10 Å². The number of methoxy groups -OCH3 is 1. The van der Waals surface area contributed by atoms with Gasteiger partial charge in [0.05, 0.1) is 24.9 Å². The number of halogens is 2. The molecule has 0 aliphatic rings. The summed E-state index contributed by atoms with van der Waals surface area (Å²) in [5.74, 6) is -0.135. The number of hydrogen-bond donors (Lipinski definition) is 2. The van der Waals surface area contributed by atoms with Gasteiger partial charge in [-0.15, -0.1) is 12.4 Å². The van der Waals surface area contributed by atoms with Crippen molar-refractivity contribution < 1.29 is 9.53 Å². The summed E-state index contributed by atoms with van der Waals surface area (Å²) >= 11 is 6.13. The van der Waals surface area contributed by atoms with E-state index in [9.17, 15) is 4.79 Å². The first-order chi connectivity index (χ1) is 11.2. The molecule has 1 aromatic carbocycles. The predicted octanol–water partition coefficient (Wildman–Crippen LogP) is 1.97. The first-order valence-electron chi connectivity index (χ1n) is 7.44. The predicted molar refractivity (Wildman–Crippen MR) is 97.1 cm³/mol. The van der Waals surface area contributed by atoms with Gasteiger partial charge < -0.3 is 15.4 Å². The van der Waals surface area contributed by atoms with Crippen LogP contribution in [0.25, 0.3) is 0 Å². The Balaban J connectivity index is 0.00000288. The van der Waals surface area contributed by atoms with E-state index >= 15 is 0 Å². The molecule has 0 aliphatic heterocycles. The zero-order chi connectivity index (χ0) is 16.5. The Hall–Kier alpha value is -1.60. The number of rotatable bonds is 9. The lowest BCUT2D eigenvalue weighted by atomic mass is 10.2. The zero-order valence-corrected chi connectivity index (χ0v) is 15.1. The molecule has 0 radical (unpaired) electrons. The molecule has 0 bridgehead atoms. The lowest BCUT2D eigenvalue weighted by Crippen LogP contribution is -2.32. The van der Waals surface area contributed by atoms with Crippen molar-refractivity contribution in [2.45, 2.75) is 6.54 Å². The third kappa shape index (κ3) is 6.49. The van der Waals surface area contributed by atoms with Crippen LogP contribution in [0.1, 0.15) is 15.9 Å². The van der Waals surface area contributed by atoms with Crippen molar-refractivity contribution >= 4 is 29.9 Å². The van der Waals surface area contributed by atoms with Crippen molar-refractivity contribution in [1.82, 2.24) is 20.4 Å². The molecule has 0 spiro atoms. The van der Waals surface area contributed by atoms with Gasteiger partial charge in [-0.25, -0.2) is 0 Å². The second-order valence-corrected chi connectivity index (χ2v) is 5.42. The average molecular weight is 373 g/mol. The number of nitrogens with zero attached hydrogens (tertiary/aromatic N) is 2. The topological polar surface area (TPSA) is 68.2 Å². The highest BCUT2D eigenvalue weighted by Gasteiger charge is 2.09. The molecule has 0 unspecified atom stereocenters. The van der Waals surface area contributed by atoms with Gasteiger partial charge >= 0.3 is 0 Å². The van der Waals surface area contributed by atoms with Gasteiger partial charge in [-0.1, -0.05) is 29.8 Å².